The lowest BCUT2D eigenvalue weighted by Gasteiger charge is -2.44. The molecule has 0 saturated carbocycles. The molecule has 2 aromatic rings. The number of fused-ring (bicyclic) bond motifs is 2. The first-order valence-electron chi connectivity index (χ1n) is 23.7. The fourth-order valence-electron chi connectivity index (χ4n) is 10.3. The molecule has 4 heterocycles. The number of esters is 1. The summed E-state index contributed by atoms with van der Waals surface area (Å²) < 4.78 is 65.6. The van der Waals surface area contributed by atoms with Crippen molar-refractivity contribution < 1.29 is 107 Å². The zero-order chi connectivity index (χ0) is 51.2. The molecule has 8 N–H and O–H groups in total. The Hall–Kier alpha value is -3.69. The fourth-order valence-corrected chi connectivity index (χ4v) is 10.3. The van der Waals surface area contributed by atoms with E-state index < -0.39 is 158 Å². The standard InChI is InChI=1S/C48H68O22/c1-17-29(67-34-16-31(66-23(7)50)46(22(6)65-34)69-33-14-28(52)45(60-8)21(5)64-33)12-25-10-24-11-26(47(61-9)44(59)39(54)18(2)49)48(43(58)37(24)42(57)36(25)38(17)53)70-35-15-30(41(56)20(4)63-35)68-32-13-27(51)40(55)19(3)62-32/h10,12,18-22,26-28,30-35,39-41,45-49,51-57H,11,13-16H2,1-9H3. The first-order chi connectivity index (χ1) is 33.0. The number of phenolic OH excluding ortho intramolecular Hbond substituents is 2. The average Bonchev–Trinajstić information content (AvgIpc) is 3.28. The second-order valence-electron chi connectivity index (χ2n) is 19.1. The maximum atomic E-state index is 14.9. The van der Waals surface area contributed by atoms with Crippen molar-refractivity contribution in [2.45, 2.75) is 203 Å². The molecule has 0 amide bonds. The van der Waals surface area contributed by atoms with E-state index in [9.17, 15) is 55.2 Å². The summed E-state index contributed by atoms with van der Waals surface area (Å²) >= 11 is 0. The summed E-state index contributed by atoms with van der Waals surface area (Å²) in [5.74, 6) is -4.57. The molecule has 0 radical (unpaired) electrons. The number of ketones is 2. The number of ether oxygens (including phenoxy) is 11. The molecule has 21 atom stereocenters. The van der Waals surface area contributed by atoms with Crippen molar-refractivity contribution in [3.05, 3.63) is 28.8 Å². The van der Waals surface area contributed by atoms with Crippen molar-refractivity contribution in [1.82, 2.24) is 0 Å². The third kappa shape index (κ3) is 11.1. The molecule has 392 valence electrons. The van der Waals surface area contributed by atoms with Gasteiger partial charge < -0.3 is 93.0 Å². The summed E-state index contributed by atoms with van der Waals surface area (Å²) in [6.07, 6.45) is -22.1. The van der Waals surface area contributed by atoms with Gasteiger partial charge in [-0.1, -0.05) is 0 Å². The number of hydrogen-bond acceptors (Lipinski definition) is 22. The SMILES string of the molecule is COC(C(=O)C(O)C(C)O)C1Cc2cc3cc(OC4CC(OC(C)=O)C(OC5CC(O)C(OC)C(C)O5)C(C)O4)c(C)c(O)c3c(O)c2C(=O)C1OC1CC(OC2CC(O)C(O)C(C)O2)C(O)C(C)O1. The van der Waals surface area contributed by atoms with E-state index in [2.05, 4.69) is 0 Å². The summed E-state index contributed by atoms with van der Waals surface area (Å²) in [4.78, 5) is 41.0. The molecule has 1 aliphatic carbocycles. The molecule has 0 spiro atoms. The van der Waals surface area contributed by atoms with Gasteiger partial charge in [0.1, 0.15) is 66.1 Å². The van der Waals surface area contributed by atoms with Crippen LogP contribution in [0.3, 0.4) is 0 Å². The Balaban J connectivity index is 1.17. The van der Waals surface area contributed by atoms with Gasteiger partial charge in [0, 0.05) is 58.3 Å². The number of aliphatic hydroxyl groups is 6. The van der Waals surface area contributed by atoms with E-state index in [1.54, 1.807) is 27.7 Å². The molecule has 4 aliphatic heterocycles. The van der Waals surface area contributed by atoms with Gasteiger partial charge in [-0.3, -0.25) is 14.4 Å². The van der Waals surface area contributed by atoms with E-state index in [-0.39, 0.29) is 65.3 Å². The normalized spacial score (nSPS) is 38.4. The highest BCUT2D eigenvalue weighted by Gasteiger charge is 2.50. The molecule has 22 heteroatoms. The zero-order valence-electron chi connectivity index (χ0n) is 40.6. The van der Waals surface area contributed by atoms with Gasteiger partial charge in [-0.05, 0) is 71.0 Å². The van der Waals surface area contributed by atoms with Gasteiger partial charge in [0.2, 0.25) is 6.29 Å². The number of Topliss-reactive ketones (excluding diaryl/α,β-unsaturated/α-hetero) is 2. The summed E-state index contributed by atoms with van der Waals surface area (Å²) in [5.41, 5.74) is 0.102. The molecular weight excluding hydrogens is 929 g/mol. The molecular formula is C48H68O22. The number of phenols is 2. The van der Waals surface area contributed by atoms with Crippen LogP contribution in [0.2, 0.25) is 0 Å². The topological polar surface area (TPSA) is 315 Å². The minimum Gasteiger partial charge on any atom is -0.507 e. The third-order valence-electron chi connectivity index (χ3n) is 14.1. The number of carbonyl (C=O) groups is 3. The Kier molecular flexibility index (Phi) is 17.2. The second kappa shape index (κ2) is 22.2. The molecule has 2 aromatic carbocycles. The molecule has 5 aliphatic rings. The molecule has 70 heavy (non-hydrogen) atoms. The van der Waals surface area contributed by atoms with E-state index in [1.807, 2.05) is 0 Å². The number of hydrogen-bond donors (Lipinski definition) is 8. The summed E-state index contributed by atoms with van der Waals surface area (Å²) in [5, 5.41) is 87.1. The number of benzene rings is 2. The van der Waals surface area contributed by atoms with Crippen molar-refractivity contribution in [2.24, 2.45) is 5.92 Å². The van der Waals surface area contributed by atoms with Crippen molar-refractivity contribution in [1.29, 1.82) is 0 Å². The Bertz CT molecular complexity index is 2160. The lowest BCUT2D eigenvalue weighted by molar-refractivity contribution is -0.311. The Morgan fingerprint density at radius 3 is 1.93 bits per heavy atom. The van der Waals surface area contributed by atoms with Crippen LogP contribution in [-0.2, 0) is 63.4 Å². The van der Waals surface area contributed by atoms with Crippen molar-refractivity contribution in [3.63, 3.8) is 0 Å². The van der Waals surface area contributed by atoms with E-state index in [4.69, 9.17) is 52.1 Å². The summed E-state index contributed by atoms with van der Waals surface area (Å²) in [6.45, 7) is 10.5. The lowest BCUT2D eigenvalue weighted by atomic mass is 9.75. The molecule has 0 aromatic heterocycles. The first kappa shape index (κ1) is 54.1. The van der Waals surface area contributed by atoms with E-state index in [1.165, 1.54) is 47.1 Å². The van der Waals surface area contributed by atoms with Gasteiger partial charge in [-0.25, -0.2) is 0 Å². The number of rotatable bonds is 15. The molecule has 0 bridgehead atoms. The lowest BCUT2D eigenvalue weighted by Crippen LogP contribution is -2.56. The predicted octanol–water partition coefficient (Wildman–Crippen LogP) is 0.705. The zero-order valence-corrected chi connectivity index (χ0v) is 40.6. The first-order valence-corrected chi connectivity index (χ1v) is 23.7. The third-order valence-corrected chi connectivity index (χ3v) is 14.1. The van der Waals surface area contributed by atoms with Crippen LogP contribution in [0.25, 0.3) is 10.8 Å². The molecule has 7 rings (SSSR count). The van der Waals surface area contributed by atoms with Crippen LogP contribution in [0.4, 0.5) is 0 Å². The number of carbonyl (C=O) groups excluding carboxylic acids is 3. The quantitative estimate of drug-likeness (QED) is 0.114. The van der Waals surface area contributed by atoms with E-state index in [0.29, 0.717) is 0 Å². The van der Waals surface area contributed by atoms with Crippen LogP contribution >= 0.6 is 0 Å². The number of methoxy groups -OCH3 is 2. The summed E-state index contributed by atoms with van der Waals surface area (Å²) in [6, 6.07) is 3.05. The van der Waals surface area contributed by atoms with Crippen LogP contribution in [0.5, 0.6) is 17.2 Å². The number of aromatic hydroxyl groups is 2. The Morgan fingerprint density at radius 1 is 0.729 bits per heavy atom. The minimum atomic E-state index is -1.93. The van der Waals surface area contributed by atoms with Gasteiger partial charge in [-0.15, -0.1) is 0 Å². The number of aliphatic hydroxyl groups excluding tert-OH is 6. The van der Waals surface area contributed by atoms with Gasteiger partial charge in [-0.2, -0.15) is 0 Å². The maximum Gasteiger partial charge on any atom is 0.303 e. The fraction of sp³-hybridized carbons (Fsp3) is 0.729. The maximum absolute atomic E-state index is 14.9. The Labute approximate surface area is 404 Å². The van der Waals surface area contributed by atoms with Crippen molar-refractivity contribution >= 4 is 28.3 Å². The smallest absolute Gasteiger partial charge is 0.303 e. The van der Waals surface area contributed by atoms with Crippen LogP contribution < -0.4 is 4.74 Å². The largest absolute Gasteiger partial charge is 0.507 e. The van der Waals surface area contributed by atoms with Crippen LogP contribution in [0.1, 0.15) is 88.7 Å². The van der Waals surface area contributed by atoms with Gasteiger partial charge in [0.25, 0.3) is 0 Å². The highest BCUT2D eigenvalue weighted by Crippen LogP contribution is 2.47. The average molecular weight is 997 g/mol. The molecule has 4 saturated heterocycles. The predicted molar refractivity (Wildman–Crippen MR) is 238 cm³/mol. The van der Waals surface area contributed by atoms with E-state index >= 15 is 0 Å². The Morgan fingerprint density at radius 2 is 1.31 bits per heavy atom. The van der Waals surface area contributed by atoms with Gasteiger partial charge in [0.05, 0.1) is 59.8 Å². The van der Waals surface area contributed by atoms with Crippen molar-refractivity contribution in [3.8, 4) is 17.2 Å². The highest BCUT2D eigenvalue weighted by atomic mass is 16.7. The highest BCUT2D eigenvalue weighted by molar-refractivity contribution is 6.11. The van der Waals surface area contributed by atoms with Gasteiger partial charge >= 0.3 is 5.97 Å². The molecule has 4 fully saturated rings. The van der Waals surface area contributed by atoms with Crippen LogP contribution in [0, 0.1) is 12.8 Å². The minimum absolute atomic E-state index is 0.0355. The van der Waals surface area contributed by atoms with Crippen LogP contribution in [-0.4, -0.2) is 195 Å². The molecule has 21 unspecified atom stereocenters. The monoisotopic (exact) mass is 996 g/mol. The molecule has 22 nitrogen and oxygen atoms in total. The van der Waals surface area contributed by atoms with Crippen LogP contribution in [0.15, 0.2) is 12.1 Å². The van der Waals surface area contributed by atoms with E-state index in [0.717, 1.165) is 0 Å². The summed E-state index contributed by atoms with van der Waals surface area (Å²) in [7, 11) is 2.66. The second-order valence-corrected chi connectivity index (χ2v) is 19.1. The van der Waals surface area contributed by atoms with Gasteiger partial charge in [0.15, 0.2) is 30.4 Å². The van der Waals surface area contributed by atoms with Crippen molar-refractivity contribution in [2.75, 3.05) is 14.2 Å².